The Morgan fingerprint density at radius 2 is 2.11 bits per heavy atom. The third-order valence-electron chi connectivity index (χ3n) is 3.28. The highest BCUT2D eigenvalue weighted by molar-refractivity contribution is 6.76. The number of fused-ring (bicyclic) bond motifs is 1. The third-order valence-corrected chi connectivity index (χ3v) is 3.28. The van der Waals surface area contributed by atoms with Crippen LogP contribution >= 0.6 is 0 Å². The van der Waals surface area contributed by atoms with Crippen molar-refractivity contribution in [3.05, 3.63) is 53.3 Å². The zero-order valence-electron chi connectivity index (χ0n) is 10.6. The second kappa shape index (κ2) is 4.29. The molecule has 0 amide bonds. The fourth-order valence-electron chi connectivity index (χ4n) is 2.33. The zero-order chi connectivity index (χ0) is 12.5. The monoisotopic (exact) mass is 236 g/mol. The van der Waals surface area contributed by atoms with Gasteiger partial charge in [0.1, 0.15) is 5.35 Å². The lowest BCUT2D eigenvalue weighted by molar-refractivity contribution is -0.658. The van der Waals surface area contributed by atoms with Gasteiger partial charge in [-0.15, -0.1) is 0 Å². The lowest BCUT2D eigenvalue weighted by atomic mass is 9.61. The predicted octanol–water partition coefficient (Wildman–Crippen LogP) is 0.105. The van der Waals surface area contributed by atoms with Gasteiger partial charge in [0, 0.05) is 12.3 Å². The molecule has 0 radical (unpaired) electrons. The van der Waals surface area contributed by atoms with Gasteiger partial charge in [0.15, 0.2) is 0 Å². The fourth-order valence-corrected chi connectivity index (χ4v) is 2.33. The summed E-state index contributed by atoms with van der Waals surface area (Å²) >= 11 is 0. The molecule has 88 valence electrons. The molecule has 2 aromatic heterocycles. The number of rotatable bonds is 1. The van der Waals surface area contributed by atoms with E-state index in [1.807, 2.05) is 18.3 Å². The van der Waals surface area contributed by atoms with E-state index in [0.717, 1.165) is 11.2 Å². The molecule has 1 aliphatic heterocycles. The Hall–Kier alpha value is -2.10. The highest BCUT2D eigenvalue weighted by Crippen LogP contribution is 2.11. The number of aromatic nitrogens is 2. The van der Waals surface area contributed by atoms with Crippen molar-refractivity contribution < 1.29 is 4.57 Å². The molecule has 0 saturated carbocycles. The summed E-state index contributed by atoms with van der Waals surface area (Å²) in [6, 6.07) is 10.3. The Balaban J connectivity index is 2.16. The molecule has 3 heterocycles. The summed E-state index contributed by atoms with van der Waals surface area (Å²) in [5, 5.41) is 2.24. The van der Waals surface area contributed by atoms with Gasteiger partial charge in [-0.2, -0.15) is 0 Å². The molecule has 0 spiro atoms. The summed E-state index contributed by atoms with van der Waals surface area (Å²) in [5.74, 6) is 3.41. The van der Waals surface area contributed by atoms with Crippen molar-refractivity contribution in [2.45, 2.75) is 6.82 Å². The Morgan fingerprint density at radius 1 is 1.22 bits per heavy atom. The van der Waals surface area contributed by atoms with Crippen LogP contribution < -0.4 is 19.9 Å². The SMILES string of the molecule is CB1C=c2cccnc2=CN1c1cccc[n+]1C. The summed E-state index contributed by atoms with van der Waals surface area (Å²) in [7, 11) is 2.06. The number of hydrogen-bond acceptors (Lipinski definition) is 2. The summed E-state index contributed by atoms with van der Waals surface area (Å²) in [4.78, 5) is 6.67. The van der Waals surface area contributed by atoms with Gasteiger partial charge < -0.3 is 0 Å². The predicted molar refractivity (Wildman–Crippen MR) is 74.1 cm³/mol. The van der Waals surface area contributed by atoms with Crippen molar-refractivity contribution in [2.24, 2.45) is 7.05 Å². The number of hydrogen-bond donors (Lipinski definition) is 0. The summed E-state index contributed by atoms with van der Waals surface area (Å²) < 4.78 is 2.12. The first kappa shape index (κ1) is 11.0. The first-order chi connectivity index (χ1) is 8.75. The number of nitrogens with zero attached hydrogens (tertiary/aromatic N) is 3. The van der Waals surface area contributed by atoms with Gasteiger partial charge in [0.05, 0.1) is 19.4 Å². The maximum Gasteiger partial charge on any atom is 0.402 e. The van der Waals surface area contributed by atoms with Crippen molar-refractivity contribution in [1.82, 2.24) is 4.98 Å². The molecule has 3 rings (SSSR count). The average molecular weight is 236 g/mol. The van der Waals surface area contributed by atoms with Crippen molar-refractivity contribution in [3.8, 4) is 0 Å². The van der Waals surface area contributed by atoms with Crippen LogP contribution in [0.5, 0.6) is 0 Å². The van der Waals surface area contributed by atoms with E-state index in [-0.39, 0.29) is 0 Å². The highest BCUT2D eigenvalue weighted by Gasteiger charge is 2.27. The summed E-state index contributed by atoms with van der Waals surface area (Å²) in [6.07, 6.45) is 6.02. The molecular weight excluding hydrogens is 221 g/mol. The van der Waals surface area contributed by atoms with Crippen LogP contribution in [0.1, 0.15) is 0 Å². The zero-order valence-corrected chi connectivity index (χ0v) is 10.6. The Morgan fingerprint density at radius 3 is 2.94 bits per heavy atom. The molecular formula is C14H15BN3+. The van der Waals surface area contributed by atoms with Gasteiger partial charge in [-0.1, -0.05) is 18.1 Å². The van der Waals surface area contributed by atoms with Crippen molar-refractivity contribution in [3.63, 3.8) is 0 Å². The fraction of sp³-hybridized carbons (Fsp3) is 0.143. The Bertz CT molecular complexity index is 696. The lowest BCUT2D eigenvalue weighted by Crippen LogP contribution is -2.48. The molecule has 0 aromatic carbocycles. The minimum atomic E-state index is 0.329. The van der Waals surface area contributed by atoms with E-state index in [2.05, 4.69) is 64.8 Å². The van der Waals surface area contributed by atoms with Crippen molar-refractivity contribution >= 4 is 24.8 Å². The Kier molecular flexibility index (Phi) is 2.63. The van der Waals surface area contributed by atoms with Crippen LogP contribution in [0.3, 0.4) is 0 Å². The van der Waals surface area contributed by atoms with E-state index >= 15 is 0 Å². The van der Waals surface area contributed by atoms with E-state index in [1.54, 1.807) is 0 Å². The smallest absolute Gasteiger partial charge is 0.292 e. The first-order valence-electron chi connectivity index (χ1n) is 6.13. The molecule has 0 bridgehead atoms. The van der Waals surface area contributed by atoms with E-state index in [9.17, 15) is 0 Å². The van der Waals surface area contributed by atoms with Crippen LogP contribution in [0.4, 0.5) is 5.82 Å². The molecule has 0 unspecified atom stereocenters. The Labute approximate surface area is 107 Å². The number of aryl methyl sites for hydroxylation is 1. The molecule has 1 aliphatic rings. The van der Waals surface area contributed by atoms with Crippen molar-refractivity contribution in [2.75, 3.05) is 4.81 Å². The van der Waals surface area contributed by atoms with E-state index in [1.165, 1.54) is 5.22 Å². The van der Waals surface area contributed by atoms with E-state index < -0.39 is 0 Å². The maximum absolute atomic E-state index is 4.42. The molecule has 18 heavy (non-hydrogen) atoms. The standard InChI is InChI=1S/C14H15BN3/c1-15-10-12-6-5-8-16-13(12)11-18(15)14-7-3-4-9-17(14)2/h3-11H,1-2H3/q+1. The molecule has 4 heteroatoms. The van der Waals surface area contributed by atoms with Gasteiger partial charge >= 0.3 is 6.85 Å². The molecule has 2 aromatic rings. The summed E-state index contributed by atoms with van der Waals surface area (Å²) in [6.45, 7) is 2.52. The number of anilines is 1. The van der Waals surface area contributed by atoms with Gasteiger partial charge in [0.25, 0.3) is 5.82 Å². The molecule has 0 atom stereocenters. The molecule has 0 fully saturated rings. The van der Waals surface area contributed by atoms with Crippen LogP contribution in [0, 0.1) is 0 Å². The molecule has 0 N–H and O–H groups in total. The average Bonchev–Trinajstić information content (AvgIpc) is 2.39. The van der Waals surface area contributed by atoms with Crippen molar-refractivity contribution in [1.29, 1.82) is 0 Å². The molecule has 0 aliphatic carbocycles. The highest BCUT2D eigenvalue weighted by atomic mass is 15.2. The van der Waals surface area contributed by atoms with Gasteiger partial charge in [0.2, 0.25) is 0 Å². The van der Waals surface area contributed by atoms with Crippen LogP contribution in [0.15, 0.2) is 42.7 Å². The van der Waals surface area contributed by atoms with E-state index in [0.29, 0.717) is 6.85 Å². The van der Waals surface area contributed by atoms with Crippen LogP contribution in [0.25, 0.3) is 12.2 Å². The summed E-state index contributed by atoms with van der Waals surface area (Å²) in [5.41, 5.74) is 0. The van der Waals surface area contributed by atoms with Crippen LogP contribution in [0.2, 0.25) is 6.82 Å². The van der Waals surface area contributed by atoms with Gasteiger partial charge in [-0.3, -0.25) is 9.79 Å². The minimum Gasteiger partial charge on any atom is -0.292 e. The second-order valence-corrected chi connectivity index (χ2v) is 4.59. The van der Waals surface area contributed by atoms with Crippen LogP contribution in [-0.4, -0.2) is 11.8 Å². The molecule has 0 saturated heterocycles. The second-order valence-electron chi connectivity index (χ2n) is 4.59. The normalized spacial score (nSPS) is 13.7. The minimum absolute atomic E-state index is 0.329. The number of pyridine rings is 2. The third kappa shape index (κ3) is 1.80. The van der Waals surface area contributed by atoms with E-state index in [4.69, 9.17) is 0 Å². The first-order valence-corrected chi connectivity index (χ1v) is 6.13. The van der Waals surface area contributed by atoms with Crippen LogP contribution in [-0.2, 0) is 7.05 Å². The largest absolute Gasteiger partial charge is 0.402 e. The molecule has 3 nitrogen and oxygen atoms in total. The quantitative estimate of drug-likeness (QED) is 0.517. The maximum atomic E-state index is 4.42. The van der Waals surface area contributed by atoms with Gasteiger partial charge in [-0.25, -0.2) is 4.57 Å². The lowest BCUT2D eigenvalue weighted by Gasteiger charge is -2.19. The van der Waals surface area contributed by atoms with Gasteiger partial charge in [-0.05, 0) is 24.2 Å². The topological polar surface area (TPSA) is 20.0 Å².